The van der Waals surface area contributed by atoms with Crippen LogP contribution in [0.2, 0.25) is 5.28 Å². The van der Waals surface area contributed by atoms with Gasteiger partial charge in [-0.15, -0.1) is 0 Å². The summed E-state index contributed by atoms with van der Waals surface area (Å²) in [5.41, 5.74) is 1.66. The molecule has 7 nitrogen and oxygen atoms in total. The fourth-order valence-electron chi connectivity index (χ4n) is 3.23. The standard InChI is InChI=1S/C18H15ClF3N7/c1-9(29-15-12(25-17(29)23)7-24-16(19)27-15)10-3-5-11(6-4-10)14-26-13(8-28(14)2)18(20,21)22/h3-9H,1-2H3,(H2,23,25)/t9-/m1/s1. The van der Waals surface area contributed by atoms with Crippen LogP contribution in [0.15, 0.2) is 36.7 Å². The predicted octanol–water partition coefficient (Wildman–Crippen LogP) is 3.92. The number of fused-ring (bicyclic) bond motifs is 1. The maximum absolute atomic E-state index is 12.9. The fraction of sp³-hybridized carbons (Fsp3) is 0.222. The fourth-order valence-corrected chi connectivity index (χ4v) is 3.35. The van der Waals surface area contributed by atoms with Crippen molar-refractivity contribution in [3.63, 3.8) is 0 Å². The van der Waals surface area contributed by atoms with E-state index in [1.165, 1.54) is 17.8 Å². The van der Waals surface area contributed by atoms with Gasteiger partial charge in [0.1, 0.15) is 11.3 Å². The highest BCUT2D eigenvalue weighted by Crippen LogP contribution is 2.31. The number of aryl methyl sites for hydroxylation is 1. The minimum Gasteiger partial charge on any atom is -0.333 e. The molecule has 0 aliphatic carbocycles. The Hall–Kier alpha value is -3.14. The third-order valence-corrected chi connectivity index (χ3v) is 4.85. The Morgan fingerprint density at radius 3 is 2.48 bits per heavy atom. The Kier molecular flexibility index (Phi) is 4.45. The lowest BCUT2D eigenvalue weighted by molar-refractivity contribution is -0.140. The highest BCUT2D eigenvalue weighted by molar-refractivity contribution is 6.28. The first kappa shape index (κ1) is 19.2. The van der Waals surface area contributed by atoms with Gasteiger partial charge in [0.2, 0.25) is 10.9 Å². The third-order valence-electron chi connectivity index (χ3n) is 4.67. The van der Waals surface area contributed by atoms with Gasteiger partial charge in [0.15, 0.2) is 11.3 Å². The van der Waals surface area contributed by atoms with Crippen LogP contribution in [-0.2, 0) is 13.2 Å². The van der Waals surface area contributed by atoms with Crippen LogP contribution in [-0.4, -0.2) is 29.1 Å². The van der Waals surface area contributed by atoms with Crippen molar-refractivity contribution in [2.45, 2.75) is 19.1 Å². The summed E-state index contributed by atoms with van der Waals surface area (Å²) >= 11 is 5.89. The number of rotatable bonds is 3. The van der Waals surface area contributed by atoms with Crippen molar-refractivity contribution >= 4 is 22.8 Å². The molecule has 4 aromatic rings. The zero-order valence-electron chi connectivity index (χ0n) is 15.3. The van der Waals surface area contributed by atoms with E-state index in [-0.39, 0.29) is 22.8 Å². The van der Waals surface area contributed by atoms with Crippen molar-refractivity contribution in [3.8, 4) is 11.4 Å². The summed E-state index contributed by atoms with van der Waals surface area (Å²) in [5, 5.41) is 8.26. The average Bonchev–Trinajstić information content (AvgIpc) is 3.20. The van der Waals surface area contributed by atoms with Gasteiger partial charge >= 0.3 is 6.18 Å². The molecule has 4 rings (SSSR count). The monoisotopic (exact) mass is 421 g/mol. The molecule has 0 amide bonds. The topological polar surface area (TPSA) is 88.2 Å². The van der Waals surface area contributed by atoms with E-state index >= 15 is 0 Å². The Balaban J connectivity index is 1.71. The molecule has 11 heteroatoms. The number of imidazole rings is 2. The van der Waals surface area contributed by atoms with Gasteiger partial charge < -0.3 is 9.55 Å². The van der Waals surface area contributed by atoms with Gasteiger partial charge in [0.25, 0.3) is 0 Å². The highest BCUT2D eigenvalue weighted by atomic mass is 35.5. The molecule has 0 unspecified atom stereocenters. The first-order valence-electron chi connectivity index (χ1n) is 8.53. The second-order valence-electron chi connectivity index (χ2n) is 6.58. The molecule has 2 N–H and O–H groups in total. The minimum absolute atomic E-state index is 0.0723. The quantitative estimate of drug-likeness (QED) is 0.491. The third kappa shape index (κ3) is 3.39. The van der Waals surface area contributed by atoms with E-state index in [4.69, 9.17) is 17.0 Å². The van der Waals surface area contributed by atoms with Crippen LogP contribution >= 0.6 is 11.6 Å². The van der Waals surface area contributed by atoms with Crippen LogP contribution in [0.4, 0.5) is 13.2 Å². The molecule has 0 aliphatic rings. The largest absolute Gasteiger partial charge is 0.434 e. The number of hydrogen-bond acceptors (Lipinski definition) is 4. The summed E-state index contributed by atoms with van der Waals surface area (Å²) in [6.07, 6.45) is -2.03. The molecule has 3 aromatic heterocycles. The van der Waals surface area contributed by atoms with E-state index in [9.17, 15) is 13.2 Å². The van der Waals surface area contributed by atoms with E-state index in [1.807, 2.05) is 6.92 Å². The van der Waals surface area contributed by atoms with Crippen molar-refractivity contribution in [2.75, 3.05) is 0 Å². The summed E-state index contributed by atoms with van der Waals surface area (Å²) < 4.78 is 41.7. The summed E-state index contributed by atoms with van der Waals surface area (Å²) in [5.74, 6) is 0.219. The molecule has 1 aromatic carbocycles. The van der Waals surface area contributed by atoms with Crippen LogP contribution in [0, 0.1) is 5.41 Å². The first-order valence-corrected chi connectivity index (χ1v) is 8.91. The second kappa shape index (κ2) is 6.73. The molecule has 0 spiro atoms. The molecule has 0 fully saturated rings. The van der Waals surface area contributed by atoms with Gasteiger partial charge in [-0.25, -0.2) is 9.97 Å². The number of H-pyrrole nitrogens is 1. The number of aromatic amines is 1. The van der Waals surface area contributed by atoms with Gasteiger partial charge in [-0.3, -0.25) is 9.98 Å². The van der Waals surface area contributed by atoms with Crippen molar-refractivity contribution in [2.24, 2.45) is 7.05 Å². The molecule has 29 heavy (non-hydrogen) atoms. The number of alkyl halides is 3. The molecular formula is C18H15ClF3N7. The van der Waals surface area contributed by atoms with E-state index in [0.29, 0.717) is 16.7 Å². The first-order chi connectivity index (χ1) is 13.6. The maximum atomic E-state index is 12.9. The molecule has 0 bridgehead atoms. The molecule has 0 aliphatic heterocycles. The highest BCUT2D eigenvalue weighted by Gasteiger charge is 2.34. The second-order valence-corrected chi connectivity index (χ2v) is 6.91. The van der Waals surface area contributed by atoms with E-state index < -0.39 is 11.9 Å². The predicted molar refractivity (Wildman–Crippen MR) is 100 cm³/mol. The van der Waals surface area contributed by atoms with Crippen LogP contribution in [0.1, 0.15) is 24.2 Å². The smallest absolute Gasteiger partial charge is 0.333 e. The summed E-state index contributed by atoms with van der Waals surface area (Å²) in [4.78, 5) is 14.7. The zero-order valence-corrected chi connectivity index (χ0v) is 16.0. The Morgan fingerprint density at radius 1 is 1.17 bits per heavy atom. The molecule has 150 valence electrons. The number of nitrogens with zero attached hydrogens (tertiary/aromatic N) is 5. The minimum atomic E-state index is -4.50. The van der Waals surface area contributed by atoms with Gasteiger partial charge in [-0.2, -0.15) is 18.2 Å². The number of nitrogens with one attached hydrogen (secondary N) is 2. The van der Waals surface area contributed by atoms with Crippen molar-refractivity contribution in [1.29, 1.82) is 5.41 Å². The van der Waals surface area contributed by atoms with Crippen LogP contribution < -0.4 is 5.62 Å². The lowest BCUT2D eigenvalue weighted by Crippen LogP contribution is -2.21. The van der Waals surface area contributed by atoms with Crippen molar-refractivity contribution < 1.29 is 13.2 Å². The zero-order chi connectivity index (χ0) is 20.9. The lowest BCUT2D eigenvalue weighted by Gasteiger charge is -2.15. The molecule has 0 saturated carbocycles. The average molecular weight is 422 g/mol. The molecule has 1 atom stereocenters. The Bertz CT molecular complexity index is 1250. The van der Waals surface area contributed by atoms with Crippen LogP contribution in [0.3, 0.4) is 0 Å². The van der Waals surface area contributed by atoms with Crippen molar-refractivity contribution in [3.05, 3.63) is 58.8 Å². The SMILES string of the molecule is C[C@H](c1ccc(-c2nc(C(F)(F)F)cn2C)cc1)n1c(=N)[nH]c2cnc(Cl)nc21. The lowest BCUT2D eigenvalue weighted by atomic mass is 10.1. The van der Waals surface area contributed by atoms with Gasteiger partial charge in [0.05, 0.1) is 12.2 Å². The normalized spacial score (nSPS) is 13.2. The van der Waals surface area contributed by atoms with Crippen molar-refractivity contribution in [1.82, 2.24) is 29.1 Å². The Morgan fingerprint density at radius 2 is 1.86 bits per heavy atom. The van der Waals surface area contributed by atoms with Crippen LogP contribution in [0.25, 0.3) is 22.6 Å². The summed E-state index contributed by atoms with van der Waals surface area (Å²) in [6, 6.07) is 6.71. The molecule has 0 radical (unpaired) electrons. The molecule has 3 heterocycles. The maximum Gasteiger partial charge on any atom is 0.434 e. The molecular weight excluding hydrogens is 407 g/mol. The van der Waals surface area contributed by atoms with E-state index in [0.717, 1.165) is 11.8 Å². The van der Waals surface area contributed by atoms with Gasteiger partial charge in [-0.05, 0) is 24.1 Å². The number of halogens is 4. The number of hydrogen-bond donors (Lipinski definition) is 2. The number of aromatic nitrogens is 6. The van der Waals surface area contributed by atoms with E-state index in [2.05, 4.69) is 19.9 Å². The van der Waals surface area contributed by atoms with Gasteiger partial charge in [0, 0.05) is 18.8 Å². The number of benzene rings is 1. The molecule has 0 saturated heterocycles. The van der Waals surface area contributed by atoms with E-state index in [1.54, 1.807) is 28.8 Å². The summed E-state index contributed by atoms with van der Waals surface area (Å²) in [7, 11) is 1.52. The Labute approximate surface area is 167 Å². The van der Waals surface area contributed by atoms with Crippen LogP contribution in [0.5, 0.6) is 0 Å². The van der Waals surface area contributed by atoms with Gasteiger partial charge in [-0.1, -0.05) is 24.3 Å². The summed E-state index contributed by atoms with van der Waals surface area (Å²) in [6.45, 7) is 1.89.